The minimum absolute atomic E-state index is 0.302. The fraction of sp³-hybridized carbons (Fsp3) is 0.222. The van der Waals surface area contributed by atoms with Crippen molar-refractivity contribution in [2.24, 2.45) is 5.10 Å². The number of hydrogen-bond acceptors (Lipinski definition) is 3. The molecule has 1 N–H and O–H groups in total. The number of halogens is 2. The predicted octanol–water partition coefficient (Wildman–Crippen LogP) is 4.74. The molecule has 0 radical (unpaired) electrons. The molecule has 0 unspecified atom stereocenters. The minimum Gasteiger partial charge on any atom is -0.497 e. The molecule has 0 heterocycles. The minimum atomic E-state index is -0.383. The van der Waals surface area contributed by atoms with Crippen molar-refractivity contribution in [3.8, 4) is 5.75 Å². The van der Waals surface area contributed by atoms with E-state index in [1.165, 1.54) is 11.6 Å². The first-order valence-corrected chi connectivity index (χ1v) is 8.16. The third-order valence-electron chi connectivity index (χ3n) is 3.46. The molecule has 0 atom stereocenters. The van der Waals surface area contributed by atoms with Crippen LogP contribution in [0.5, 0.6) is 5.75 Å². The third kappa shape index (κ3) is 5.25. The lowest BCUT2D eigenvalue weighted by molar-refractivity contribution is 0.0955. The molecule has 0 aliphatic carbocycles. The van der Waals surface area contributed by atoms with Gasteiger partial charge in [-0.3, -0.25) is 4.79 Å². The number of benzene rings is 2. The quantitative estimate of drug-likeness (QED) is 0.594. The monoisotopic (exact) mass is 364 g/mol. The van der Waals surface area contributed by atoms with Crippen LogP contribution < -0.4 is 10.2 Å². The average Bonchev–Trinajstić information content (AvgIpc) is 2.60. The van der Waals surface area contributed by atoms with Crippen LogP contribution in [0.15, 0.2) is 47.6 Å². The highest BCUT2D eigenvalue weighted by atomic mass is 35.5. The van der Waals surface area contributed by atoms with Crippen molar-refractivity contribution in [1.29, 1.82) is 0 Å². The number of amides is 1. The largest absolute Gasteiger partial charge is 0.497 e. The lowest BCUT2D eigenvalue weighted by Crippen LogP contribution is -2.19. The van der Waals surface area contributed by atoms with Gasteiger partial charge in [-0.25, -0.2) is 5.43 Å². The van der Waals surface area contributed by atoms with Crippen LogP contribution in [0.2, 0.25) is 10.0 Å². The maximum atomic E-state index is 12.1. The van der Waals surface area contributed by atoms with Gasteiger partial charge in [-0.1, -0.05) is 35.3 Å². The Hall–Kier alpha value is -2.04. The highest BCUT2D eigenvalue weighted by molar-refractivity contribution is 6.35. The van der Waals surface area contributed by atoms with Crippen LogP contribution in [0.4, 0.5) is 0 Å². The molecule has 0 aromatic heterocycles. The molecular formula is C18H18Cl2N2O2. The lowest BCUT2D eigenvalue weighted by atomic mass is 10.1. The fourth-order valence-electron chi connectivity index (χ4n) is 2.05. The first-order chi connectivity index (χ1) is 11.5. The van der Waals surface area contributed by atoms with Crippen LogP contribution in [0.1, 0.15) is 29.3 Å². The lowest BCUT2D eigenvalue weighted by Gasteiger charge is -2.06. The summed E-state index contributed by atoms with van der Waals surface area (Å²) in [5.41, 5.74) is 4.80. The van der Waals surface area contributed by atoms with E-state index in [-0.39, 0.29) is 5.91 Å². The number of carbonyl (C=O) groups is 1. The van der Waals surface area contributed by atoms with Gasteiger partial charge < -0.3 is 4.74 Å². The number of hydrazone groups is 1. The van der Waals surface area contributed by atoms with Gasteiger partial charge in [0.25, 0.3) is 5.91 Å². The van der Waals surface area contributed by atoms with Crippen LogP contribution in [-0.2, 0) is 6.42 Å². The van der Waals surface area contributed by atoms with Crippen molar-refractivity contribution < 1.29 is 9.53 Å². The van der Waals surface area contributed by atoms with Crippen LogP contribution >= 0.6 is 23.2 Å². The highest BCUT2D eigenvalue weighted by Crippen LogP contribution is 2.20. The van der Waals surface area contributed by atoms with Crippen LogP contribution in [0.25, 0.3) is 0 Å². The number of hydrogen-bond donors (Lipinski definition) is 1. The summed E-state index contributed by atoms with van der Waals surface area (Å²) < 4.78 is 5.13. The third-order valence-corrected chi connectivity index (χ3v) is 4.02. The van der Waals surface area contributed by atoms with Gasteiger partial charge in [0.2, 0.25) is 0 Å². The molecule has 2 rings (SSSR count). The van der Waals surface area contributed by atoms with Crippen LogP contribution in [-0.4, -0.2) is 18.7 Å². The standard InChI is InChI=1S/C18H18Cl2N2O2/c1-12(3-4-13-5-8-15(24-2)9-6-13)21-22-18(23)16-11-14(19)7-10-17(16)20/h5-11H,3-4H2,1-2H3,(H,22,23)/b21-12-. The molecule has 0 aliphatic rings. The molecule has 0 saturated carbocycles. The van der Waals surface area contributed by atoms with Crippen molar-refractivity contribution in [3.05, 3.63) is 63.6 Å². The van der Waals surface area contributed by atoms with Crippen molar-refractivity contribution in [2.45, 2.75) is 19.8 Å². The first-order valence-electron chi connectivity index (χ1n) is 7.41. The second kappa shape index (κ2) is 8.71. The Morgan fingerprint density at radius 1 is 1.17 bits per heavy atom. The molecule has 2 aromatic rings. The zero-order valence-electron chi connectivity index (χ0n) is 13.5. The van der Waals surface area contributed by atoms with Gasteiger partial charge in [0.1, 0.15) is 5.75 Å². The smallest absolute Gasteiger partial charge is 0.272 e. The summed E-state index contributed by atoms with van der Waals surface area (Å²) in [6.45, 7) is 1.86. The topological polar surface area (TPSA) is 50.7 Å². The van der Waals surface area contributed by atoms with E-state index < -0.39 is 0 Å². The van der Waals surface area contributed by atoms with E-state index in [2.05, 4.69) is 10.5 Å². The first kappa shape index (κ1) is 18.3. The molecule has 1 amide bonds. The van der Waals surface area contributed by atoms with E-state index in [1.807, 2.05) is 31.2 Å². The normalized spacial score (nSPS) is 11.2. The van der Waals surface area contributed by atoms with E-state index in [0.717, 1.165) is 24.3 Å². The molecule has 0 spiro atoms. The zero-order chi connectivity index (χ0) is 17.5. The van der Waals surface area contributed by atoms with Crippen molar-refractivity contribution in [2.75, 3.05) is 7.11 Å². The number of ether oxygens (including phenoxy) is 1. The van der Waals surface area contributed by atoms with Gasteiger partial charge in [-0.2, -0.15) is 5.10 Å². The highest BCUT2D eigenvalue weighted by Gasteiger charge is 2.10. The summed E-state index contributed by atoms with van der Waals surface area (Å²) in [5, 5.41) is 4.90. The number of nitrogens with zero attached hydrogens (tertiary/aromatic N) is 1. The second-order valence-corrected chi connectivity index (χ2v) is 6.10. The fourth-order valence-corrected chi connectivity index (χ4v) is 2.43. The SMILES string of the molecule is COc1ccc(CC/C(C)=N\NC(=O)c2cc(Cl)ccc2Cl)cc1. The molecular weight excluding hydrogens is 347 g/mol. The van der Waals surface area contributed by atoms with E-state index in [9.17, 15) is 4.79 Å². The van der Waals surface area contributed by atoms with E-state index in [4.69, 9.17) is 27.9 Å². The van der Waals surface area contributed by atoms with Gasteiger partial charge >= 0.3 is 0 Å². The number of rotatable bonds is 6. The van der Waals surface area contributed by atoms with Gasteiger partial charge in [0.15, 0.2) is 0 Å². The number of nitrogens with one attached hydrogen (secondary N) is 1. The van der Waals surface area contributed by atoms with Crippen molar-refractivity contribution >= 4 is 34.8 Å². The summed E-state index contributed by atoms with van der Waals surface area (Å²) in [6.07, 6.45) is 1.56. The number of carbonyl (C=O) groups excluding carboxylic acids is 1. The molecule has 0 fully saturated rings. The Bertz CT molecular complexity index is 743. The average molecular weight is 365 g/mol. The summed E-state index contributed by atoms with van der Waals surface area (Å²) >= 11 is 11.9. The number of aryl methyl sites for hydroxylation is 1. The van der Waals surface area contributed by atoms with Gasteiger partial charge in [0.05, 0.1) is 17.7 Å². The van der Waals surface area contributed by atoms with E-state index >= 15 is 0 Å². The molecule has 0 bridgehead atoms. The number of methoxy groups -OCH3 is 1. The van der Waals surface area contributed by atoms with Crippen molar-refractivity contribution in [3.63, 3.8) is 0 Å². The maximum Gasteiger partial charge on any atom is 0.272 e. The van der Waals surface area contributed by atoms with Crippen LogP contribution in [0.3, 0.4) is 0 Å². The van der Waals surface area contributed by atoms with Gasteiger partial charge in [0, 0.05) is 10.7 Å². The second-order valence-electron chi connectivity index (χ2n) is 5.26. The summed E-state index contributed by atoms with van der Waals surface area (Å²) in [7, 11) is 1.64. The van der Waals surface area contributed by atoms with Gasteiger partial charge in [-0.15, -0.1) is 0 Å². The Morgan fingerprint density at radius 2 is 1.88 bits per heavy atom. The summed E-state index contributed by atoms with van der Waals surface area (Å²) in [6, 6.07) is 12.6. The Kier molecular flexibility index (Phi) is 6.64. The molecule has 4 nitrogen and oxygen atoms in total. The zero-order valence-corrected chi connectivity index (χ0v) is 15.0. The molecule has 2 aromatic carbocycles. The maximum absolute atomic E-state index is 12.1. The molecule has 6 heteroatoms. The predicted molar refractivity (Wildman–Crippen MR) is 98.4 cm³/mol. The summed E-state index contributed by atoms with van der Waals surface area (Å²) in [4.78, 5) is 12.1. The Labute approximate surface area is 151 Å². The summed E-state index contributed by atoms with van der Waals surface area (Å²) in [5.74, 6) is 0.445. The molecule has 0 saturated heterocycles. The van der Waals surface area contributed by atoms with Crippen molar-refractivity contribution in [1.82, 2.24) is 5.43 Å². The molecule has 126 valence electrons. The van der Waals surface area contributed by atoms with E-state index in [0.29, 0.717) is 15.6 Å². The van der Waals surface area contributed by atoms with Crippen LogP contribution in [0, 0.1) is 0 Å². The Balaban J connectivity index is 1.90. The van der Waals surface area contributed by atoms with Gasteiger partial charge in [-0.05, 0) is 55.7 Å². The molecule has 0 aliphatic heterocycles. The Morgan fingerprint density at radius 3 is 2.54 bits per heavy atom. The molecule has 24 heavy (non-hydrogen) atoms. The van der Waals surface area contributed by atoms with E-state index in [1.54, 1.807) is 19.2 Å².